The zero-order valence-electron chi connectivity index (χ0n) is 11.6. The van der Waals surface area contributed by atoms with Crippen LogP contribution in [0.4, 0.5) is 13.2 Å². The molecule has 1 saturated carbocycles. The predicted octanol–water partition coefficient (Wildman–Crippen LogP) is 2.18. The maximum absolute atomic E-state index is 12.5. The van der Waals surface area contributed by atoms with Crippen molar-refractivity contribution in [1.29, 1.82) is 0 Å². The lowest BCUT2D eigenvalue weighted by Crippen LogP contribution is -2.35. The SMILES string of the molecule is COCCNCCNCC1CCC(C(F)(F)F)CC1. The van der Waals surface area contributed by atoms with Crippen LogP contribution >= 0.6 is 0 Å². The molecule has 0 saturated heterocycles. The second kappa shape index (κ2) is 8.76. The Hall–Kier alpha value is -0.330. The molecule has 1 aliphatic carbocycles. The summed E-state index contributed by atoms with van der Waals surface area (Å²) < 4.78 is 42.4. The third-order valence-electron chi connectivity index (χ3n) is 3.70. The number of hydrogen-bond acceptors (Lipinski definition) is 3. The van der Waals surface area contributed by atoms with Gasteiger partial charge in [-0.25, -0.2) is 0 Å². The van der Waals surface area contributed by atoms with Crippen molar-refractivity contribution >= 4 is 0 Å². The second-order valence-corrected chi connectivity index (χ2v) is 5.21. The lowest BCUT2D eigenvalue weighted by atomic mass is 9.81. The van der Waals surface area contributed by atoms with Crippen molar-refractivity contribution < 1.29 is 17.9 Å². The fourth-order valence-electron chi connectivity index (χ4n) is 2.48. The van der Waals surface area contributed by atoms with Crippen LogP contribution in [0, 0.1) is 11.8 Å². The Balaban J connectivity index is 1.98. The Morgan fingerprint density at radius 3 is 2.21 bits per heavy atom. The lowest BCUT2D eigenvalue weighted by Gasteiger charge is -2.29. The van der Waals surface area contributed by atoms with Crippen LogP contribution in [0.3, 0.4) is 0 Å². The van der Waals surface area contributed by atoms with Crippen LogP contribution in [0.2, 0.25) is 0 Å². The summed E-state index contributed by atoms with van der Waals surface area (Å²) in [6.45, 7) is 4.07. The molecule has 0 aliphatic heterocycles. The first kappa shape index (κ1) is 16.7. The number of nitrogens with one attached hydrogen (secondary N) is 2. The summed E-state index contributed by atoms with van der Waals surface area (Å²) in [7, 11) is 1.66. The minimum atomic E-state index is -4.00. The largest absolute Gasteiger partial charge is 0.391 e. The third kappa shape index (κ3) is 7.13. The van der Waals surface area contributed by atoms with Gasteiger partial charge in [0.25, 0.3) is 0 Å². The summed E-state index contributed by atoms with van der Waals surface area (Å²) in [5.41, 5.74) is 0. The summed E-state index contributed by atoms with van der Waals surface area (Å²) in [5.74, 6) is -0.669. The van der Waals surface area contributed by atoms with Gasteiger partial charge in [-0.15, -0.1) is 0 Å². The predicted molar refractivity (Wildman–Crippen MR) is 69.1 cm³/mol. The van der Waals surface area contributed by atoms with Crippen molar-refractivity contribution in [1.82, 2.24) is 10.6 Å². The normalized spacial score (nSPS) is 24.6. The molecule has 0 spiro atoms. The van der Waals surface area contributed by atoms with Gasteiger partial charge in [-0.05, 0) is 38.1 Å². The van der Waals surface area contributed by atoms with Crippen LogP contribution in [-0.4, -0.2) is 46.1 Å². The van der Waals surface area contributed by atoms with Gasteiger partial charge in [-0.2, -0.15) is 13.2 Å². The molecule has 6 heteroatoms. The van der Waals surface area contributed by atoms with E-state index in [2.05, 4.69) is 10.6 Å². The van der Waals surface area contributed by atoms with Crippen molar-refractivity contribution in [2.75, 3.05) is 39.9 Å². The molecule has 3 nitrogen and oxygen atoms in total. The molecule has 0 heterocycles. The van der Waals surface area contributed by atoms with Crippen LogP contribution in [-0.2, 0) is 4.74 Å². The smallest absolute Gasteiger partial charge is 0.383 e. The van der Waals surface area contributed by atoms with Crippen LogP contribution < -0.4 is 10.6 Å². The highest BCUT2D eigenvalue weighted by Gasteiger charge is 2.41. The molecule has 1 rings (SSSR count). The molecular formula is C13H25F3N2O. The van der Waals surface area contributed by atoms with E-state index in [0.29, 0.717) is 38.2 Å². The van der Waals surface area contributed by atoms with E-state index >= 15 is 0 Å². The number of halogens is 3. The first-order valence-corrected chi connectivity index (χ1v) is 7.01. The molecule has 0 atom stereocenters. The molecule has 0 unspecified atom stereocenters. The molecule has 0 aromatic heterocycles. The van der Waals surface area contributed by atoms with Crippen molar-refractivity contribution in [3.63, 3.8) is 0 Å². The van der Waals surface area contributed by atoms with E-state index in [0.717, 1.165) is 26.2 Å². The molecular weight excluding hydrogens is 257 g/mol. The fraction of sp³-hybridized carbons (Fsp3) is 1.00. The topological polar surface area (TPSA) is 33.3 Å². The maximum atomic E-state index is 12.5. The van der Waals surface area contributed by atoms with Gasteiger partial charge in [0.05, 0.1) is 12.5 Å². The standard InChI is InChI=1S/C13H25F3N2O/c1-19-9-8-17-6-7-18-10-11-2-4-12(5-3-11)13(14,15)16/h11-12,17-18H,2-10H2,1H3. The highest BCUT2D eigenvalue weighted by molar-refractivity contribution is 4.78. The number of rotatable bonds is 8. The first-order chi connectivity index (χ1) is 9.04. The molecule has 0 aromatic rings. The Labute approximate surface area is 113 Å². The van der Waals surface area contributed by atoms with Crippen molar-refractivity contribution in [3.8, 4) is 0 Å². The minimum absolute atomic E-state index is 0.294. The molecule has 19 heavy (non-hydrogen) atoms. The fourth-order valence-corrected chi connectivity index (χ4v) is 2.48. The average Bonchev–Trinajstić information content (AvgIpc) is 2.37. The molecule has 114 valence electrons. The molecule has 0 radical (unpaired) electrons. The van der Waals surface area contributed by atoms with E-state index in [1.165, 1.54) is 0 Å². The highest BCUT2D eigenvalue weighted by atomic mass is 19.4. The highest BCUT2D eigenvalue weighted by Crippen LogP contribution is 2.39. The average molecular weight is 282 g/mol. The van der Waals surface area contributed by atoms with E-state index in [4.69, 9.17) is 4.74 Å². The molecule has 0 amide bonds. The molecule has 0 aromatic carbocycles. The lowest BCUT2D eigenvalue weighted by molar-refractivity contribution is -0.183. The minimum Gasteiger partial charge on any atom is -0.383 e. The van der Waals surface area contributed by atoms with E-state index in [9.17, 15) is 13.2 Å². The van der Waals surface area contributed by atoms with Crippen LogP contribution in [0.5, 0.6) is 0 Å². The van der Waals surface area contributed by atoms with Gasteiger partial charge in [0.15, 0.2) is 0 Å². The van der Waals surface area contributed by atoms with Gasteiger partial charge < -0.3 is 15.4 Å². The summed E-state index contributed by atoms with van der Waals surface area (Å²) >= 11 is 0. The van der Waals surface area contributed by atoms with Crippen LogP contribution in [0.15, 0.2) is 0 Å². The van der Waals surface area contributed by atoms with Crippen molar-refractivity contribution in [3.05, 3.63) is 0 Å². The summed E-state index contributed by atoms with van der Waals surface area (Å²) in [6, 6.07) is 0. The number of hydrogen-bond donors (Lipinski definition) is 2. The van der Waals surface area contributed by atoms with Crippen LogP contribution in [0.25, 0.3) is 0 Å². The van der Waals surface area contributed by atoms with Crippen molar-refractivity contribution in [2.45, 2.75) is 31.9 Å². The Kier molecular flexibility index (Phi) is 7.71. The van der Waals surface area contributed by atoms with Crippen molar-refractivity contribution in [2.24, 2.45) is 11.8 Å². The molecule has 0 bridgehead atoms. The zero-order chi connectivity index (χ0) is 14.1. The van der Waals surface area contributed by atoms with Gasteiger partial charge >= 0.3 is 6.18 Å². The second-order valence-electron chi connectivity index (χ2n) is 5.21. The number of alkyl halides is 3. The van der Waals surface area contributed by atoms with E-state index in [1.54, 1.807) is 7.11 Å². The Morgan fingerprint density at radius 1 is 1.00 bits per heavy atom. The molecule has 2 N–H and O–H groups in total. The Bertz CT molecular complexity index is 228. The van der Waals surface area contributed by atoms with Gasteiger partial charge in [0.2, 0.25) is 0 Å². The van der Waals surface area contributed by atoms with Crippen LogP contribution in [0.1, 0.15) is 25.7 Å². The first-order valence-electron chi connectivity index (χ1n) is 7.01. The van der Waals surface area contributed by atoms with Gasteiger partial charge in [-0.3, -0.25) is 0 Å². The van der Waals surface area contributed by atoms with Gasteiger partial charge in [0, 0.05) is 26.7 Å². The monoisotopic (exact) mass is 282 g/mol. The van der Waals surface area contributed by atoms with E-state index in [1.807, 2.05) is 0 Å². The molecule has 1 aliphatic rings. The van der Waals surface area contributed by atoms with Gasteiger partial charge in [0.1, 0.15) is 0 Å². The quantitative estimate of drug-likeness (QED) is 0.670. The number of methoxy groups -OCH3 is 1. The summed E-state index contributed by atoms with van der Waals surface area (Å²) in [6.07, 6.45) is -2.03. The summed E-state index contributed by atoms with van der Waals surface area (Å²) in [5, 5.41) is 6.52. The third-order valence-corrected chi connectivity index (χ3v) is 3.70. The van der Waals surface area contributed by atoms with Gasteiger partial charge in [-0.1, -0.05) is 0 Å². The maximum Gasteiger partial charge on any atom is 0.391 e. The van der Waals surface area contributed by atoms with E-state index in [-0.39, 0.29) is 0 Å². The number of ether oxygens (including phenoxy) is 1. The Morgan fingerprint density at radius 2 is 1.63 bits per heavy atom. The summed E-state index contributed by atoms with van der Waals surface area (Å²) in [4.78, 5) is 0. The zero-order valence-corrected chi connectivity index (χ0v) is 11.6. The van der Waals surface area contributed by atoms with E-state index < -0.39 is 12.1 Å². The molecule has 1 fully saturated rings.